The molecule has 32 heavy (non-hydrogen) atoms. The van der Waals surface area contributed by atoms with Gasteiger partial charge in [-0.15, -0.1) is 0 Å². The monoisotopic (exact) mass is 427 g/mol. The van der Waals surface area contributed by atoms with Crippen molar-refractivity contribution in [2.45, 2.75) is 25.8 Å². The summed E-state index contributed by atoms with van der Waals surface area (Å²) in [6.07, 6.45) is 13.0. The molecule has 4 aromatic heterocycles. The molecule has 0 unspecified atom stereocenters. The van der Waals surface area contributed by atoms with Crippen molar-refractivity contribution >= 4 is 16.7 Å². The maximum Gasteiger partial charge on any atom is 0.142 e. The summed E-state index contributed by atoms with van der Waals surface area (Å²) in [6, 6.07) is 5.89. The van der Waals surface area contributed by atoms with E-state index in [1.165, 1.54) is 0 Å². The fourth-order valence-electron chi connectivity index (χ4n) is 4.25. The number of hydrogen-bond donors (Lipinski definition) is 0. The van der Waals surface area contributed by atoms with E-state index in [9.17, 15) is 4.79 Å². The molecule has 5 heterocycles. The van der Waals surface area contributed by atoms with Crippen molar-refractivity contribution in [1.82, 2.24) is 34.6 Å². The lowest BCUT2D eigenvalue weighted by atomic mass is 9.90. The van der Waals surface area contributed by atoms with Crippen LogP contribution in [-0.4, -0.2) is 53.5 Å². The molecule has 4 aromatic rings. The number of aryl methyl sites for hydroxylation is 1. The molecule has 0 atom stereocenters. The van der Waals surface area contributed by atoms with Gasteiger partial charge in [-0.3, -0.25) is 24.3 Å². The molecule has 0 bridgehead atoms. The molecule has 1 aliphatic heterocycles. The van der Waals surface area contributed by atoms with E-state index in [4.69, 9.17) is 0 Å². The highest BCUT2D eigenvalue weighted by atomic mass is 16.1. The molecule has 1 aliphatic rings. The van der Waals surface area contributed by atoms with Gasteiger partial charge in [-0.05, 0) is 44.1 Å². The van der Waals surface area contributed by atoms with Crippen molar-refractivity contribution in [3.8, 4) is 11.1 Å². The van der Waals surface area contributed by atoms with Crippen LogP contribution in [0.25, 0.3) is 22.0 Å². The molecule has 0 N–H and O–H groups in total. The third-order valence-corrected chi connectivity index (χ3v) is 6.05. The fourth-order valence-corrected chi connectivity index (χ4v) is 4.25. The van der Waals surface area contributed by atoms with Crippen LogP contribution < -0.4 is 0 Å². The SMILES string of the molecule is Cn1cc(-c2cnc3cnc(CC(=O)C4CCN(Cc5ncccn5)CC4)cc3c2)cn1. The number of hydrogen-bond acceptors (Lipinski definition) is 7. The third-order valence-electron chi connectivity index (χ3n) is 6.05. The largest absolute Gasteiger partial charge is 0.299 e. The van der Waals surface area contributed by atoms with Crippen LogP contribution in [0.5, 0.6) is 0 Å². The summed E-state index contributed by atoms with van der Waals surface area (Å²) in [5, 5.41) is 5.22. The number of nitrogens with zero attached hydrogens (tertiary/aromatic N) is 7. The molecular formula is C24H25N7O. The summed E-state index contributed by atoms with van der Waals surface area (Å²) >= 11 is 0. The number of ketones is 1. The minimum Gasteiger partial charge on any atom is -0.299 e. The Bertz CT molecular complexity index is 1230. The maximum atomic E-state index is 12.9. The first-order valence-electron chi connectivity index (χ1n) is 10.9. The van der Waals surface area contributed by atoms with Crippen molar-refractivity contribution in [3.63, 3.8) is 0 Å². The molecule has 1 saturated heterocycles. The van der Waals surface area contributed by atoms with E-state index in [0.29, 0.717) is 6.42 Å². The van der Waals surface area contributed by atoms with Crippen molar-refractivity contribution < 1.29 is 4.79 Å². The minimum atomic E-state index is 0.0836. The smallest absolute Gasteiger partial charge is 0.142 e. The highest BCUT2D eigenvalue weighted by molar-refractivity contribution is 5.86. The van der Waals surface area contributed by atoms with Gasteiger partial charge in [-0.1, -0.05) is 0 Å². The highest BCUT2D eigenvalue weighted by Gasteiger charge is 2.25. The van der Waals surface area contributed by atoms with Crippen molar-refractivity contribution in [1.29, 1.82) is 0 Å². The van der Waals surface area contributed by atoms with Gasteiger partial charge in [-0.25, -0.2) is 9.97 Å². The van der Waals surface area contributed by atoms with Crippen LogP contribution in [0.2, 0.25) is 0 Å². The number of fused-ring (bicyclic) bond motifs is 1. The van der Waals surface area contributed by atoms with Gasteiger partial charge in [0.25, 0.3) is 0 Å². The van der Waals surface area contributed by atoms with E-state index >= 15 is 0 Å². The molecule has 8 heteroatoms. The predicted octanol–water partition coefficient (Wildman–Crippen LogP) is 2.84. The van der Waals surface area contributed by atoms with Gasteiger partial charge in [0.15, 0.2) is 0 Å². The van der Waals surface area contributed by atoms with E-state index in [1.807, 2.05) is 37.8 Å². The fraction of sp³-hybridized carbons (Fsp3) is 0.333. The number of carbonyl (C=O) groups is 1. The van der Waals surface area contributed by atoms with Crippen LogP contribution in [0, 0.1) is 5.92 Å². The first-order valence-corrected chi connectivity index (χ1v) is 10.9. The summed E-state index contributed by atoms with van der Waals surface area (Å²) in [5.41, 5.74) is 3.64. The van der Waals surface area contributed by atoms with Gasteiger partial charge in [0.2, 0.25) is 0 Å². The second-order valence-corrected chi connectivity index (χ2v) is 8.35. The second kappa shape index (κ2) is 8.92. The lowest BCUT2D eigenvalue weighted by Gasteiger charge is -2.30. The van der Waals surface area contributed by atoms with Gasteiger partial charge in [0.05, 0.1) is 24.5 Å². The lowest BCUT2D eigenvalue weighted by Crippen LogP contribution is -2.36. The number of rotatable bonds is 6. The van der Waals surface area contributed by atoms with Gasteiger partial charge in [0, 0.05) is 66.4 Å². The standard InChI is InChI=1S/C24H25N7O/c1-30-15-20(13-29-30)19-9-18-10-21(27-14-22(18)28-12-19)11-23(32)17-3-7-31(8-4-17)16-24-25-5-2-6-26-24/h2,5-6,9-10,12-15,17H,3-4,7-8,11,16H2,1H3. The topological polar surface area (TPSA) is 89.7 Å². The van der Waals surface area contributed by atoms with Gasteiger partial charge in [0.1, 0.15) is 11.6 Å². The van der Waals surface area contributed by atoms with Gasteiger partial charge in [-0.2, -0.15) is 5.10 Å². The number of carbonyl (C=O) groups excluding carboxylic acids is 1. The Labute approximate surface area is 186 Å². The van der Waals surface area contributed by atoms with Crippen LogP contribution in [0.3, 0.4) is 0 Å². The number of aromatic nitrogens is 6. The molecule has 0 saturated carbocycles. The first kappa shape index (κ1) is 20.4. The molecule has 8 nitrogen and oxygen atoms in total. The molecule has 0 radical (unpaired) electrons. The molecule has 1 fully saturated rings. The normalized spacial score (nSPS) is 15.3. The van der Waals surface area contributed by atoms with Crippen LogP contribution in [0.15, 0.2) is 55.4 Å². The maximum absolute atomic E-state index is 12.9. The van der Waals surface area contributed by atoms with E-state index in [2.05, 4.69) is 36.0 Å². The van der Waals surface area contributed by atoms with E-state index in [-0.39, 0.29) is 11.7 Å². The molecule has 0 spiro atoms. The van der Waals surface area contributed by atoms with E-state index < -0.39 is 0 Å². The molecule has 0 aromatic carbocycles. The molecular weight excluding hydrogens is 402 g/mol. The predicted molar refractivity (Wildman–Crippen MR) is 120 cm³/mol. The Kier molecular flexibility index (Phi) is 5.68. The Morgan fingerprint density at radius 3 is 2.56 bits per heavy atom. The quantitative estimate of drug-likeness (QED) is 0.467. The number of Topliss-reactive ketones (excluding diaryl/α,β-unsaturated/α-hetero) is 1. The molecule has 162 valence electrons. The van der Waals surface area contributed by atoms with Gasteiger partial charge >= 0.3 is 0 Å². The number of pyridine rings is 2. The Balaban J connectivity index is 1.22. The molecule has 0 aliphatic carbocycles. The molecule has 0 amide bonds. The average Bonchev–Trinajstić information content (AvgIpc) is 3.26. The van der Waals surface area contributed by atoms with Crippen LogP contribution in [0.4, 0.5) is 0 Å². The summed E-state index contributed by atoms with van der Waals surface area (Å²) in [5.74, 6) is 1.18. The first-order chi connectivity index (χ1) is 15.6. The summed E-state index contributed by atoms with van der Waals surface area (Å²) in [4.78, 5) is 32.9. The van der Waals surface area contributed by atoms with E-state index in [1.54, 1.807) is 23.3 Å². The third kappa shape index (κ3) is 4.55. The summed E-state index contributed by atoms with van der Waals surface area (Å²) in [7, 11) is 1.89. The van der Waals surface area contributed by atoms with Crippen molar-refractivity contribution in [3.05, 3.63) is 66.9 Å². The Morgan fingerprint density at radius 2 is 1.81 bits per heavy atom. The van der Waals surface area contributed by atoms with Crippen molar-refractivity contribution in [2.24, 2.45) is 13.0 Å². The lowest BCUT2D eigenvalue weighted by molar-refractivity contribution is -0.123. The average molecular weight is 428 g/mol. The van der Waals surface area contributed by atoms with E-state index in [0.717, 1.165) is 66.0 Å². The van der Waals surface area contributed by atoms with Crippen LogP contribution >= 0.6 is 0 Å². The van der Waals surface area contributed by atoms with Crippen LogP contribution in [-0.2, 0) is 24.8 Å². The second-order valence-electron chi connectivity index (χ2n) is 8.35. The minimum absolute atomic E-state index is 0.0836. The highest BCUT2D eigenvalue weighted by Crippen LogP contribution is 2.24. The number of piperidine rings is 1. The summed E-state index contributed by atoms with van der Waals surface area (Å²) < 4.78 is 1.77. The van der Waals surface area contributed by atoms with Crippen molar-refractivity contribution in [2.75, 3.05) is 13.1 Å². The zero-order valence-electron chi connectivity index (χ0n) is 18.1. The molecule has 5 rings (SSSR count). The van der Waals surface area contributed by atoms with Gasteiger partial charge < -0.3 is 0 Å². The zero-order chi connectivity index (χ0) is 21.9. The van der Waals surface area contributed by atoms with Crippen LogP contribution in [0.1, 0.15) is 24.4 Å². The Morgan fingerprint density at radius 1 is 1.00 bits per heavy atom. The Hall–Kier alpha value is -3.52. The summed E-state index contributed by atoms with van der Waals surface area (Å²) in [6.45, 7) is 2.51. The number of likely N-dealkylation sites (tertiary alicyclic amines) is 1. The zero-order valence-corrected chi connectivity index (χ0v) is 18.1.